The summed E-state index contributed by atoms with van der Waals surface area (Å²) in [4.78, 5) is 10.8. The molecule has 2 rings (SSSR count). The maximum absolute atomic E-state index is 11.3. The van der Waals surface area contributed by atoms with E-state index in [0.29, 0.717) is 5.39 Å². The smallest absolute Gasteiger partial charge is 0.335 e. The quantitative estimate of drug-likeness (QED) is 0.592. The molecule has 0 unspecified atom stereocenters. The molecule has 0 aromatic heterocycles. The van der Waals surface area contributed by atoms with Gasteiger partial charge in [-0.2, -0.15) is 0 Å². The van der Waals surface area contributed by atoms with E-state index in [0.717, 1.165) is 5.39 Å². The molecule has 2 aromatic carbocycles. The van der Waals surface area contributed by atoms with Gasteiger partial charge in [-0.25, -0.2) is 4.79 Å². The fourth-order valence-electron chi connectivity index (χ4n) is 1.47. The summed E-state index contributed by atoms with van der Waals surface area (Å²) < 4.78 is 0. The van der Waals surface area contributed by atoms with Gasteiger partial charge in [-0.05, 0) is 10.8 Å². The van der Waals surface area contributed by atoms with Crippen LogP contribution in [-0.4, -0.2) is 11.1 Å². The minimum Gasteiger partial charge on any atom is -0.872 e. The van der Waals surface area contributed by atoms with Crippen molar-refractivity contribution in [3.8, 4) is 5.75 Å². The van der Waals surface area contributed by atoms with Crippen LogP contribution in [0.15, 0.2) is 36.4 Å². The number of hydrogen-bond donors (Lipinski definition) is 1. The second-order valence-corrected chi connectivity index (χ2v) is 2.96. The second kappa shape index (κ2) is 7.73. The van der Waals surface area contributed by atoms with E-state index >= 15 is 0 Å². The molecule has 0 heterocycles. The van der Waals surface area contributed by atoms with Crippen molar-refractivity contribution < 1.29 is 39.0 Å². The molecular weight excluding hydrogens is 422 g/mol. The lowest BCUT2D eigenvalue weighted by Gasteiger charge is -2.12. The lowest BCUT2D eigenvalue weighted by molar-refractivity contribution is -0.268. The summed E-state index contributed by atoms with van der Waals surface area (Å²) in [7, 11) is 0. The number of halogens is 3. The molecule has 0 saturated heterocycles. The largest absolute Gasteiger partial charge is 0.872 e. The summed E-state index contributed by atoms with van der Waals surface area (Å²) >= 11 is 0. The predicted molar refractivity (Wildman–Crippen MR) is 70.7 cm³/mol. The first kappa shape index (κ1) is 18.8. The Morgan fingerprint density at radius 3 is 2.29 bits per heavy atom. The van der Waals surface area contributed by atoms with Crippen molar-refractivity contribution in [3.05, 3.63) is 42.0 Å². The second-order valence-electron chi connectivity index (χ2n) is 2.96. The molecule has 3 nitrogen and oxygen atoms in total. The van der Waals surface area contributed by atoms with Crippen LogP contribution in [0, 0.1) is 0 Å². The first-order chi connectivity index (χ1) is 6.70. The fourth-order valence-corrected chi connectivity index (χ4v) is 1.47. The molecule has 2 aromatic rings. The van der Waals surface area contributed by atoms with Gasteiger partial charge in [0.25, 0.3) is 0 Å². The van der Waals surface area contributed by atoms with Crippen LogP contribution in [0.25, 0.3) is 10.8 Å². The topological polar surface area (TPSA) is 60.4 Å². The molecule has 0 aliphatic carbocycles. The highest BCUT2D eigenvalue weighted by Gasteiger charge is 2.08. The molecule has 0 aliphatic rings. The first-order valence-corrected chi connectivity index (χ1v) is 4.12. The molecular formula is C11H11BrClIO3. The molecule has 0 saturated carbocycles. The number of aromatic carboxylic acids is 1. The van der Waals surface area contributed by atoms with E-state index in [2.05, 4.69) is 0 Å². The fraction of sp³-hybridized carbons (Fsp3) is 0. The number of carboxylic acids is 1. The third-order valence-corrected chi connectivity index (χ3v) is 2.10. The van der Waals surface area contributed by atoms with E-state index in [9.17, 15) is 9.90 Å². The molecule has 1 N–H and O–H groups in total. The van der Waals surface area contributed by atoms with E-state index in [1.807, 2.05) is 0 Å². The maximum Gasteiger partial charge on any atom is 0.335 e. The Morgan fingerprint density at radius 1 is 1.12 bits per heavy atom. The average molecular weight is 433 g/mol. The summed E-state index contributed by atoms with van der Waals surface area (Å²) in [6.45, 7) is 0. The molecule has 0 radical (unpaired) electrons. The van der Waals surface area contributed by atoms with Crippen molar-refractivity contribution in [1.29, 1.82) is 0 Å². The van der Waals surface area contributed by atoms with Gasteiger partial charge in [0.15, 0.2) is 0 Å². The summed E-state index contributed by atoms with van der Waals surface area (Å²) in [5.74, 6) is -1.62. The zero-order valence-electron chi connectivity index (χ0n) is 8.49. The molecule has 0 bridgehead atoms. The van der Waals surface area contributed by atoms with Gasteiger partial charge in [0.1, 0.15) is 0 Å². The number of hydrogen-bond acceptors (Lipinski definition) is 2. The summed E-state index contributed by atoms with van der Waals surface area (Å²) in [6.07, 6.45) is 0. The van der Waals surface area contributed by atoms with Crippen molar-refractivity contribution in [2.75, 3.05) is 0 Å². The monoisotopic (exact) mass is 432 g/mol. The Bertz CT molecular complexity index is 519. The first-order valence-electron chi connectivity index (χ1n) is 4.12. The van der Waals surface area contributed by atoms with Crippen LogP contribution in [0.5, 0.6) is 5.75 Å². The van der Waals surface area contributed by atoms with Gasteiger partial charge < -0.3 is 10.2 Å². The lowest BCUT2D eigenvalue weighted by Crippen LogP contribution is -3.00. The minimum absolute atomic E-state index is 0. The van der Waals surface area contributed by atoms with Gasteiger partial charge in [-0.1, -0.05) is 42.1 Å². The third-order valence-electron chi connectivity index (χ3n) is 2.10. The van der Waals surface area contributed by atoms with Crippen LogP contribution in [0.4, 0.5) is 0 Å². The van der Waals surface area contributed by atoms with Crippen LogP contribution < -0.4 is 29.1 Å². The highest BCUT2D eigenvalue weighted by molar-refractivity contribution is 8.93. The number of rotatable bonds is 1. The van der Waals surface area contributed by atoms with Gasteiger partial charge >= 0.3 is 5.97 Å². The molecule has 0 aliphatic heterocycles. The van der Waals surface area contributed by atoms with Gasteiger partial charge in [0, 0.05) is 0 Å². The molecule has 0 atom stereocenters. The SMILES string of the molecule is Br.Cl.O=C(O)c1c([O-])ccc2ccccc12.[IH2+]. The van der Waals surface area contributed by atoms with Crippen LogP contribution in [0.3, 0.4) is 0 Å². The highest BCUT2D eigenvalue weighted by atomic mass is 127. The van der Waals surface area contributed by atoms with Crippen molar-refractivity contribution in [2.24, 2.45) is 0 Å². The molecule has 0 amide bonds. The Balaban J connectivity index is 0. The molecule has 94 valence electrons. The predicted octanol–water partition coefficient (Wildman–Crippen LogP) is -0.920. The van der Waals surface area contributed by atoms with E-state index in [-0.39, 0.29) is 58.9 Å². The van der Waals surface area contributed by atoms with Crippen LogP contribution in [-0.2, 0) is 0 Å². The molecule has 0 fully saturated rings. The van der Waals surface area contributed by atoms with E-state index in [1.54, 1.807) is 30.3 Å². The summed E-state index contributed by atoms with van der Waals surface area (Å²) in [5.41, 5.74) is -0.150. The van der Waals surface area contributed by atoms with Crippen LogP contribution in [0.1, 0.15) is 10.4 Å². The van der Waals surface area contributed by atoms with Crippen molar-refractivity contribution in [3.63, 3.8) is 0 Å². The normalized spacial score (nSPS) is 8.47. The van der Waals surface area contributed by atoms with Gasteiger partial charge in [-0.3, -0.25) is 0 Å². The molecule has 17 heavy (non-hydrogen) atoms. The van der Waals surface area contributed by atoms with Crippen molar-refractivity contribution in [2.45, 2.75) is 0 Å². The van der Waals surface area contributed by atoms with Gasteiger partial charge in [0.05, 0.1) is 5.56 Å². The van der Waals surface area contributed by atoms with Gasteiger partial charge in [0.2, 0.25) is 24.0 Å². The van der Waals surface area contributed by atoms with E-state index in [4.69, 9.17) is 5.11 Å². The summed E-state index contributed by atoms with van der Waals surface area (Å²) in [5, 5.41) is 21.4. The zero-order valence-corrected chi connectivity index (χ0v) is 13.6. The number of fused-ring (bicyclic) bond motifs is 1. The third kappa shape index (κ3) is 3.72. The van der Waals surface area contributed by atoms with Crippen molar-refractivity contribution >= 4 is 46.1 Å². The van der Waals surface area contributed by atoms with Crippen molar-refractivity contribution in [1.82, 2.24) is 0 Å². The van der Waals surface area contributed by atoms with Gasteiger partial charge in [-0.15, -0.1) is 29.4 Å². The Kier molecular flexibility index (Phi) is 8.56. The average Bonchev–Trinajstić information content (AvgIpc) is 2.17. The van der Waals surface area contributed by atoms with Crippen LogP contribution in [0.2, 0.25) is 0 Å². The minimum atomic E-state index is -1.17. The van der Waals surface area contributed by atoms with E-state index in [1.165, 1.54) is 6.07 Å². The highest BCUT2D eigenvalue weighted by Crippen LogP contribution is 2.24. The number of carboxylic acid groups (broad SMARTS) is 1. The molecule has 0 spiro atoms. The summed E-state index contributed by atoms with van der Waals surface area (Å²) in [6, 6.07) is 9.85. The lowest BCUT2D eigenvalue weighted by atomic mass is 10.0. The standard InChI is InChI=1S/C11H8O3.BrH.ClH.H2I/c12-9-6-5-7-3-1-2-4-8(7)10(9)11(13)14;;;/h1-6,12H,(H,13,14);2*1H;1H2/q;;;+1/p-1. The number of benzene rings is 2. The Hall–Kier alpha value is -0.530. The maximum atomic E-state index is 11.3. The Labute approximate surface area is 132 Å². The van der Waals surface area contributed by atoms with E-state index < -0.39 is 11.7 Å². The zero-order chi connectivity index (χ0) is 10.1. The Morgan fingerprint density at radius 2 is 1.71 bits per heavy atom. The molecule has 6 heteroatoms. The van der Waals surface area contributed by atoms with Crippen LogP contribution >= 0.6 is 29.4 Å². The number of carbonyl (C=O) groups is 1.